The van der Waals surface area contributed by atoms with Crippen molar-refractivity contribution < 1.29 is 5.11 Å². The summed E-state index contributed by atoms with van der Waals surface area (Å²) in [6.07, 6.45) is 3.97. The molecule has 0 bridgehead atoms. The Morgan fingerprint density at radius 1 is 1.38 bits per heavy atom. The summed E-state index contributed by atoms with van der Waals surface area (Å²) in [6, 6.07) is 0. The second kappa shape index (κ2) is 7.18. The van der Waals surface area contributed by atoms with Gasteiger partial charge in [0.2, 0.25) is 0 Å². The standard InChI is InChI=1S/C16H28N4O/c1-12-9-17-14(3)16(18-12)19(4)11-15-5-7-20(8-6-15)10-13(2)21/h9,13,15,21H,5-8,10-11H2,1-4H3. The fraction of sp³-hybridized carbons (Fsp3) is 0.750. The maximum Gasteiger partial charge on any atom is 0.150 e. The van der Waals surface area contributed by atoms with Crippen molar-refractivity contribution in [3.05, 3.63) is 17.6 Å². The van der Waals surface area contributed by atoms with E-state index >= 15 is 0 Å². The molecule has 1 saturated heterocycles. The summed E-state index contributed by atoms with van der Waals surface area (Å²) in [5.74, 6) is 1.70. The van der Waals surface area contributed by atoms with Crippen molar-refractivity contribution in [3.63, 3.8) is 0 Å². The minimum Gasteiger partial charge on any atom is -0.392 e. The lowest BCUT2D eigenvalue weighted by Crippen LogP contribution is -2.40. The van der Waals surface area contributed by atoms with Gasteiger partial charge in [0.05, 0.1) is 17.5 Å². The molecular weight excluding hydrogens is 264 g/mol. The summed E-state index contributed by atoms with van der Waals surface area (Å²) in [5.41, 5.74) is 1.96. The zero-order valence-electron chi connectivity index (χ0n) is 13.7. The van der Waals surface area contributed by atoms with Crippen LogP contribution in [0.1, 0.15) is 31.2 Å². The lowest BCUT2D eigenvalue weighted by molar-refractivity contribution is 0.101. The second-order valence-electron chi connectivity index (χ2n) is 6.39. The molecule has 5 nitrogen and oxygen atoms in total. The van der Waals surface area contributed by atoms with E-state index in [1.165, 1.54) is 12.8 Å². The fourth-order valence-electron chi connectivity index (χ4n) is 3.09. The van der Waals surface area contributed by atoms with Crippen LogP contribution in [-0.2, 0) is 0 Å². The lowest BCUT2D eigenvalue weighted by Gasteiger charge is -2.34. The summed E-state index contributed by atoms with van der Waals surface area (Å²) in [6.45, 7) is 9.86. The molecule has 21 heavy (non-hydrogen) atoms. The van der Waals surface area contributed by atoms with Crippen molar-refractivity contribution in [2.45, 2.75) is 39.7 Å². The number of aryl methyl sites for hydroxylation is 2. The number of nitrogens with zero attached hydrogens (tertiary/aromatic N) is 4. The first-order valence-electron chi connectivity index (χ1n) is 7.87. The van der Waals surface area contributed by atoms with E-state index in [0.717, 1.165) is 43.4 Å². The Morgan fingerprint density at radius 3 is 2.67 bits per heavy atom. The molecule has 1 aromatic heterocycles. The highest BCUT2D eigenvalue weighted by Crippen LogP contribution is 2.21. The molecule has 0 radical (unpaired) electrons. The third kappa shape index (κ3) is 4.64. The molecular formula is C16H28N4O. The molecule has 1 fully saturated rings. The Kier molecular flexibility index (Phi) is 5.53. The Labute approximate surface area is 128 Å². The predicted molar refractivity (Wildman–Crippen MR) is 85.6 cm³/mol. The van der Waals surface area contributed by atoms with E-state index in [4.69, 9.17) is 0 Å². The van der Waals surface area contributed by atoms with E-state index in [1.807, 2.05) is 27.0 Å². The van der Waals surface area contributed by atoms with Crippen LogP contribution in [0.2, 0.25) is 0 Å². The molecule has 0 amide bonds. The third-order valence-corrected chi connectivity index (χ3v) is 4.17. The Hall–Kier alpha value is -1.20. The van der Waals surface area contributed by atoms with Crippen molar-refractivity contribution in [1.29, 1.82) is 0 Å². The SMILES string of the molecule is Cc1cnc(C)c(N(C)CC2CCN(CC(C)O)CC2)n1. The van der Waals surface area contributed by atoms with Crippen LogP contribution in [0, 0.1) is 19.8 Å². The van der Waals surface area contributed by atoms with Crippen LogP contribution in [0.25, 0.3) is 0 Å². The highest BCUT2D eigenvalue weighted by atomic mass is 16.3. The molecule has 118 valence electrons. The monoisotopic (exact) mass is 292 g/mol. The summed E-state index contributed by atoms with van der Waals surface area (Å²) in [4.78, 5) is 13.6. The van der Waals surface area contributed by atoms with E-state index in [1.54, 1.807) is 0 Å². The first kappa shape index (κ1) is 16.2. The van der Waals surface area contributed by atoms with Crippen LogP contribution in [0.3, 0.4) is 0 Å². The average molecular weight is 292 g/mol. The number of likely N-dealkylation sites (tertiary alicyclic amines) is 1. The molecule has 2 heterocycles. The van der Waals surface area contributed by atoms with Crippen LogP contribution in [0.5, 0.6) is 0 Å². The average Bonchev–Trinajstić information content (AvgIpc) is 2.43. The van der Waals surface area contributed by atoms with Crippen molar-refractivity contribution in [2.24, 2.45) is 5.92 Å². The summed E-state index contributed by atoms with van der Waals surface area (Å²) in [7, 11) is 2.11. The molecule has 0 saturated carbocycles. The quantitative estimate of drug-likeness (QED) is 0.894. The third-order valence-electron chi connectivity index (χ3n) is 4.17. The van der Waals surface area contributed by atoms with Crippen LogP contribution < -0.4 is 4.90 Å². The first-order valence-corrected chi connectivity index (χ1v) is 7.87. The van der Waals surface area contributed by atoms with Gasteiger partial charge in [-0.25, -0.2) is 4.98 Å². The van der Waals surface area contributed by atoms with Gasteiger partial charge in [-0.2, -0.15) is 0 Å². The Morgan fingerprint density at radius 2 is 2.05 bits per heavy atom. The van der Waals surface area contributed by atoms with Crippen LogP contribution in [0.4, 0.5) is 5.82 Å². The van der Waals surface area contributed by atoms with Gasteiger partial charge in [-0.15, -0.1) is 0 Å². The normalized spacial score (nSPS) is 18.7. The summed E-state index contributed by atoms with van der Waals surface area (Å²) in [5, 5.41) is 9.46. The van der Waals surface area contributed by atoms with Gasteiger partial charge in [0, 0.05) is 26.3 Å². The van der Waals surface area contributed by atoms with Gasteiger partial charge in [-0.3, -0.25) is 4.98 Å². The number of rotatable bonds is 5. The minimum atomic E-state index is -0.227. The molecule has 1 aliphatic rings. The first-order chi connectivity index (χ1) is 9.95. The van der Waals surface area contributed by atoms with E-state index in [-0.39, 0.29) is 6.10 Å². The number of aromatic nitrogens is 2. The van der Waals surface area contributed by atoms with Gasteiger partial charge < -0.3 is 14.9 Å². The number of anilines is 1. The number of aliphatic hydroxyl groups excluding tert-OH is 1. The largest absolute Gasteiger partial charge is 0.392 e. The van der Waals surface area contributed by atoms with Gasteiger partial charge in [0.15, 0.2) is 0 Å². The molecule has 1 aliphatic heterocycles. The Bertz CT molecular complexity index is 456. The summed E-state index contributed by atoms with van der Waals surface area (Å²) < 4.78 is 0. The summed E-state index contributed by atoms with van der Waals surface area (Å²) >= 11 is 0. The zero-order chi connectivity index (χ0) is 15.4. The number of piperidine rings is 1. The van der Waals surface area contributed by atoms with Gasteiger partial charge in [-0.05, 0) is 52.6 Å². The zero-order valence-corrected chi connectivity index (χ0v) is 13.7. The highest BCUT2D eigenvalue weighted by Gasteiger charge is 2.22. The van der Waals surface area contributed by atoms with E-state index in [0.29, 0.717) is 5.92 Å². The minimum absolute atomic E-state index is 0.227. The predicted octanol–water partition coefficient (Wildman–Crippen LogP) is 1.62. The second-order valence-corrected chi connectivity index (χ2v) is 6.39. The highest BCUT2D eigenvalue weighted by molar-refractivity contribution is 5.42. The molecule has 1 aromatic rings. The van der Waals surface area contributed by atoms with Crippen LogP contribution in [0.15, 0.2) is 6.20 Å². The number of β-amino-alcohol motifs (C(OH)–C–C–N with tert-alkyl or cyclic N) is 1. The molecule has 0 aliphatic carbocycles. The van der Waals surface area contributed by atoms with E-state index < -0.39 is 0 Å². The van der Waals surface area contributed by atoms with Crippen molar-refractivity contribution in [3.8, 4) is 0 Å². The van der Waals surface area contributed by atoms with E-state index in [9.17, 15) is 5.11 Å². The molecule has 1 unspecified atom stereocenters. The number of hydrogen-bond donors (Lipinski definition) is 1. The van der Waals surface area contributed by atoms with Crippen molar-refractivity contribution in [2.75, 3.05) is 38.1 Å². The topological polar surface area (TPSA) is 52.5 Å². The number of aliphatic hydroxyl groups is 1. The molecule has 0 aromatic carbocycles. The molecule has 1 atom stereocenters. The smallest absolute Gasteiger partial charge is 0.150 e. The van der Waals surface area contributed by atoms with Gasteiger partial charge >= 0.3 is 0 Å². The maximum atomic E-state index is 9.46. The van der Waals surface area contributed by atoms with Gasteiger partial charge in [-0.1, -0.05) is 0 Å². The fourth-order valence-corrected chi connectivity index (χ4v) is 3.09. The molecule has 0 spiro atoms. The molecule has 2 rings (SSSR count). The van der Waals surface area contributed by atoms with Gasteiger partial charge in [0.1, 0.15) is 5.82 Å². The molecule has 5 heteroatoms. The number of hydrogen-bond acceptors (Lipinski definition) is 5. The van der Waals surface area contributed by atoms with Crippen LogP contribution in [-0.4, -0.2) is 59.3 Å². The van der Waals surface area contributed by atoms with Gasteiger partial charge in [0.25, 0.3) is 0 Å². The van der Waals surface area contributed by atoms with E-state index in [2.05, 4.69) is 26.8 Å². The lowest BCUT2D eigenvalue weighted by atomic mass is 9.96. The van der Waals surface area contributed by atoms with Crippen LogP contribution >= 0.6 is 0 Å². The van der Waals surface area contributed by atoms with Crippen molar-refractivity contribution in [1.82, 2.24) is 14.9 Å². The molecule has 1 N–H and O–H groups in total. The Balaban J connectivity index is 1.87. The maximum absolute atomic E-state index is 9.46. The van der Waals surface area contributed by atoms with Crippen molar-refractivity contribution >= 4 is 5.82 Å².